The Morgan fingerprint density at radius 3 is 2.41 bits per heavy atom. The lowest BCUT2D eigenvalue weighted by atomic mass is 10.1. The molecule has 3 rings (SSSR count). The molecular formula is C14H16BrNO. The minimum atomic E-state index is 0.185. The zero-order valence-electron chi connectivity index (χ0n) is 9.73. The lowest BCUT2D eigenvalue weighted by molar-refractivity contribution is -0.134. The van der Waals surface area contributed by atoms with E-state index in [1.807, 2.05) is 4.90 Å². The number of carbonyl (C=O) groups excluding carboxylic acids is 1. The van der Waals surface area contributed by atoms with E-state index in [0.717, 1.165) is 32.4 Å². The minimum absolute atomic E-state index is 0.185. The number of nitrogens with zero attached hydrogens (tertiary/aromatic N) is 1. The molecule has 0 bridgehead atoms. The van der Waals surface area contributed by atoms with Crippen molar-refractivity contribution in [2.24, 2.45) is 5.92 Å². The van der Waals surface area contributed by atoms with Crippen LogP contribution in [-0.2, 0) is 17.6 Å². The number of hydrogen-bond acceptors (Lipinski definition) is 1. The molecule has 1 aliphatic heterocycles. The Hall–Kier alpha value is -0.830. The lowest BCUT2D eigenvalue weighted by Gasteiger charge is -2.19. The Labute approximate surface area is 110 Å². The number of amides is 1. The molecule has 90 valence electrons. The fourth-order valence-corrected chi connectivity index (χ4v) is 3.46. The Balaban J connectivity index is 1.70. The third kappa shape index (κ3) is 2.13. The van der Waals surface area contributed by atoms with Gasteiger partial charge in [-0.05, 0) is 30.4 Å². The second-order valence-corrected chi connectivity index (χ2v) is 6.34. The van der Waals surface area contributed by atoms with E-state index in [4.69, 9.17) is 0 Å². The summed E-state index contributed by atoms with van der Waals surface area (Å²) >= 11 is 3.59. The maximum Gasteiger partial charge on any atom is 0.226 e. The first-order valence-corrected chi connectivity index (χ1v) is 7.15. The SMILES string of the molecule is O=C(C1Cc2ccccc2C1)N1CCC(Br)C1. The van der Waals surface area contributed by atoms with Crippen LogP contribution in [-0.4, -0.2) is 28.7 Å². The van der Waals surface area contributed by atoms with Crippen LogP contribution in [0.1, 0.15) is 17.5 Å². The van der Waals surface area contributed by atoms with Crippen molar-refractivity contribution in [3.05, 3.63) is 35.4 Å². The predicted octanol–water partition coefficient (Wildman–Crippen LogP) is 2.40. The first kappa shape index (κ1) is 11.3. The number of hydrogen-bond donors (Lipinski definition) is 0. The van der Waals surface area contributed by atoms with E-state index in [1.165, 1.54) is 11.1 Å². The maximum atomic E-state index is 12.4. The number of fused-ring (bicyclic) bond motifs is 1. The Bertz CT molecular complexity index is 421. The molecular weight excluding hydrogens is 278 g/mol. The minimum Gasteiger partial charge on any atom is -0.341 e. The molecule has 0 spiro atoms. The number of alkyl halides is 1. The third-order valence-corrected chi connectivity index (χ3v) is 4.59. The number of carbonyl (C=O) groups is 1. The molecule has 1 amide bonds. The zero-order valence-corrected chi connectivity index (χ0v) is 11.3. The smallest absolute Gasteiger partial charge is 0.226 e. The van der Waals surface area contributed by atoms with Crippen LogP contribution in [0.15, 0.2) is 24.3 Å². The number of benzene rings is 1. The topological polar surface area (TPSA) is 20.3 Å². The quantitative estimate of drug-likeness (QED) is 0.728. The highest BCUT2D eigenvalue weighted by molar-refractivity contribution is 9.09. The number of likely N-dealkylation sites (tertiary alicyclic amines) is 1. The van der Waals surface area contributed by atoms with Crippen molar-refractivity contribution in [1.29, 1.82) is 0 Å². The van der Waals surface area contributed by atoms with Crippen molar-refractivity contribution < 1.29 is 4.79 Å². The molecule has 2 aliphatic rings. The fourth-order valence-electron chi connectivity index (χ4n) is 2.91. The van der Waals surface area contributed by atoms with Gasteiger partial charge in [0.25, 0.3) is 0 Å². The average molecular weight is 294 g/mol. The van der Waals surface area contributed by atoms with Crippen molar-refractivity contribution in [2.75, 3.05) is 13.1 Å². The van der Waals surface area contributed by atoms with Gasteiger partial charge in [-0.15, -0.1) is 0 Å². The molecule has 1 saturated heterocycles. The van der Waals surface area contributed by atoms with Gasteiger partial charge in [-0.25, -0.2) is 0 Å². The maximum absolute atomic E-state index is 12.4. The summed E-state index contributed by atoms with van der Waals surface area (Å²) in [6, 6.07) is 8.44. The third-order valence-electron chi connectivity index (χ3n) is 3.84. The Morgan fingerprint density at radius 1 is 1.24 bits per heavy atom. The van der Waals surface area contributed by atoms with Crippen LogP contribution < -0.4 is 0 Å². The van der Waals surface area contributed by atoms with Gasteiger partial charge in [0.1, 0.15) is 0 Å². The summed E-state index contributed by atoms with van der Waals surface area (Å²) in [5.41, 5.74) is 2.72. The molecule has 1 aromatic carbocycles. The van der Waals surface area contributed by atoms with Crippen LogP contribution >= 0.6 is 15.9 Å². The molecule has 1 fully saturated rings. The van der Waals surface area contributed by atoms with E-state index >= 15 is 0 Å². The van der Waals surface area contributed by atoms with Gasteiger partial charge in [-0.2, -0.15) is 0 Å². The molecule has 1 atom stereocenters. The molecule has 1 aromatic rings. The van der Waals surface area contributed by atoms with Gasteiger partial charge >= 0.3 is 0 Å². The molecule has 0 N–H and O–H groups in total. The van der Waals surface area contributed by atoms with Gasteiger partial charge in [0.2, 0.25) is 5.91 Å². The summed E-state index contributed by atoms with van der Waals surface area (Å²) in [6.07, 6.45) is 2.95. The second-order valence-electron chi connectivity index (χ2n) is 5.04. The molecule has 1 heterocycles. The summed E-state index contributed by atoms with van der Waals surface area (Å²) < 4.78 is 0. The molecule has 3 heteroatoms. The number of halogens is 1. The highest BCUT2D eigenvalue weighted by Crippen LogP contribution is 2.29. The van der Waals surface area contributed by atoms with Gasteiger partial charge in [-0.1, -0.05) is 40.2 Å². The standard InChI is InChI=1S/C14H16BrNO/c15-13-5-6-16(9-13)14(17)12-7-10-3-1-2-4-11(10)8-12/h1-4,12-13H,5-9H2. The van der Waals surface area contributed by atoms with Crippen LogP contribution in [0.3, 0.4) is 0 Å². The van der Waals surface area contributed by atoms with Crippen LogP contribution in [0, 0.1) is 5.92 Å². The van der Waals surface area contributed by atoms with E-state index < -0.39 is 0 Å². The van der Waals surface area contributed by atoms with Gasteiger partial charge < -0.3 is 4.90 Å². The van der Waals surface area contributed by atoms with E-state index in [-0.39, 0.29) is 5.92 Å². The normalized spacial score (nSPS) is 24.1. The van der Waals surface area contributed by atoms with Crippen molar-refractivity contribution >= 4 is 21.8 Å². The second kappa shape index (κ2) is 4.45. The highest BCUT2D eigenvalue weighted by Gasteiger charge is 2.33. The Kier molecular flexibility index (Phi) is 2.95. The van der Waals surface area contributed by atoms with Crippen molar-refractivity contribution in [3.63, 3.8) is 0 Å². The van der Waals surface area contributed by atoms with Crippen LogP contribution in [0.25, 0.3) is 0 Å². The fraction of sp³-hybridized carbons (Fsp3) is 0.500. The largest absolute Gasteiger partial charge is 0.341 e. The molecule has 1 unspecified atom stereocenters. The van der Waals surface area contributed by atoms with Gasteiger partial charge in [-0.3, -0.25) is 4.79 Å². The van der Waals surface area contributed by atoms with Crippen molar-refractivity contribution in [3.8, 4) is 0 Å². The molecule has 1 aliphatic carbocycles. The van der Waals surface area contributed by atoms with Gasteiger partial charge in [0.05, 0.1) is 0 Å². The molecule has 0 radical (unpaired) electrons. The first-order chi connectivity index (χ1) is 8.24. The predicted molar refractivity (Wildman–Crippen MR) is 71.3 cm³/mol. The highest BCUT2D eigenvalue weighted by atomic mass is 79.9. The summed E-state index contributed by atoms with van der Waals surface area (Å²) in [7, 11) is 0. The number of rotatable bonds is 1. The first-order valence-electron chi connectivity index (χ1n) is 6.23. The summed E-state index contributed by atoms with van der Waals surface area (Å²) in [5.74, 6) is 0.536. The van der Waals surface area contributed by atoms with E-state index in [9.17, 15) is 4.79 Å². The van der Waals surface area contributed by atoms with Crippen LogP contribution in [0.5, 0.6) is 0 Å². The lowest BCUT2D eigenvalue weighted by Crippen LogP contribution is -2.34. The van der Waals surface area contributed by atoms with Crippen LogP contribution in [0.4, 0.5) is 0 Å². The monoisotopic (exact) mass is 293 g/mol. The average Bonchev–Trinajstić information content (AvgIpc) is 2.93. The van der Waals surface area contributed by atoms with E-state index in [1.54, 1.807) is 0 Å². The van der Waals surface area contributed by atoms with Crippen molar-refractivity contribution in [1.82, 2.24) is 4.90 Å². The van der Waals surface area contributed by atoms with E-state index in [0.29, 0.717) is 10.7 Å². The molecule has 2 nitrogen and oxygen atoms in total. The Morgan fingerprint density at radius 2 is 1.88 bits per heavy atom. The summed E-state index contributed by atoms with van der Waals surface area (Å²) in [6.45, 7) is 1.80. The summed E-state index contributed by atoms with van der Waals surface area (Å²) in [5, 5.41) is 0. The van der Waals surface area contributed by atoms with Crippen LogP contribution in [0.2, 0.25) is 0 Å². The van der Waals surface area contributed by atoms with Gasteiger partial charge in [0.15, 0.2) is 0 Å². The molecule has 0 saturated carbocycles. The molecule has 17 heavy (non-hydrogen) atoms. The van der Waals surface area contributed by atoms with E-state index in [2.05, 4.69) is 40.2 Å². The zero-order chi connectivity index (χ0) is 11.8. The summed E-state index contributed by atoms with van der Waals surface area (Å²) in [4.78, 5) is 14.9. The van der Waals surface area contributed by atoms with Crippen molar-refractivity contribution in [2.45, 2.75) is 24.1 Å². The molecule has 0 aromatic heterocycles. The van der Waals surface area contributed by atoms with Gasteiger partial charge in [0, 0.05) is 23.8 Å².